The molecule has 12 nitrogen and oxygen atoms in total. The van der Waals surface area contributed by atoms with Crippen LogP contribution in [0.15, 0.2) is 90.2 Å². The molecule has 2 fully saturated rings. The van der Waals surface area contributed by atoms with E-state index in [9.17, 15) is 13.3 Å². The summed E-state index contributed by atoms with van der Waals surface area (Å²) < 4.78 is 402. The van der Waals surface area contributed by atoms with Crippen LogP contribution in [0.3, 0.4) is 0 Å². The molecule has 4 heterocycles. The van der Waals surface area contributed by atoms with Crippen LogP contribution in [0.5, 0.6) is 5.75 Å². The second-order valence-electron chi connectivity index (χ2n) is 9.23. The summed E-state index contributed by atoms with van der Waals surface area (Å²) >= 11 is 0. The van der Waals surface area contributed by atoms with Gasteiger partial charge in [-0.1, -0.05) is 12.9 Å². The lowest BCUT2D eigenvalue weighted by molar-refractivity contribution is -0.0206. The number of hydrogen-bond acceptors (Lipinski definition) is 9. The van der Waals surface area contributed by atoms with E-state index in [1.165, 1.54) is 0 Å². The van der Waals surface area contributed by atoms with Gasteiger partial charge in [0.25, 0.3) is 0 Å². The van der Waals surface area contributed by atoms with E-state index < -0.39 is 250 Å². The minimum atomic E-state index is -4.90. The molecule has 0 spiro atoms. The highest BCUT2D eigenvalue weighted by Crippen LogP contribution is 2.42. The Balaban J connectivity index is 1.41. The molecule has 2 aromatic heterocycles. The summed E-state index contributed by atoms with van der Waals surface area (Å²) in [4.78, 5) is 16.0. The topological polar surface area (TPSA) is 116 Å². The van der Waals surface area contributed by atoms with E-state index in [2.05, 4.69) is 20.3 Å². The van der Waals surface area contributed by atoms with Crippen LogP contribution < -0.4 is 20.2 Å². The van der Waals surface area contributed by atoms with Crippen molar-refractivity contribution in [3.8, 4) is 11.4 Å². The van der Waals surface area contributed by atoms with E-state index in [-0.39, 0.29) is 0 Å². The van der Waals surface area contributed by atoms with Crippen molar-refractivity contribution in [3.05, 3.63) is 113 Å². The lowest BCUT2D eigenvalue weighted by Gasteiger charge is -2.37. The van der Waals surface area contributed by atoms with E-state index in [1.807, 2.05) is 0 Å². The average molecular weight is 743 g/mol. The lowest BCUT2D eigenvalue weighted by Crippen LogP contribution is -2.46. The molecule has 2 aliphatic rings. The Bertz CT molecular complexity index is 3880. The number of nitrogens with zero attached hydrogens (tertiary/aromatic N) is 8. The summed E-state index contributed by atoms with van der Waals surface area (Å²) in [6.07, 6.45) is -18.5. The Hall–Kier alpha value is -5.08. The van der Waals surface area contributed by atoms with Crippen LogP contribution >= 0.6 is 0 Å². The molecule has 2 aliphatic heterocycles. The predicted octanol–water partition coefficient (Wildman–Crippen LogP) is 4.57. The molecule has 0 saturated carbocycles. The number of hydrogen-bond donors (Lipinski definition) is 1. The Kier molecular flexibility index (Phi) is 3.02. The van der Waals surface area contributed by atoms with Gasteiger partial charge in [-0.3, -0.25) is 0 Å². The molecular weight excluding hydrogens is 658 g/mol. The number of aromatic nitrogens is 6. The monoisotopic (exact) mass is 743 g/mol. The van der Waals surface area contributed by atoms with Crippen LogP contribution in [0.2, 0.25) is 0 Å². The molecule has 0 bridgehead atoms. The maximum Gasteiger partial charge on any atom is 0.350 e. The molecule has 0 radical (unpaired) electrons. The van der Waals surface area contributed by atoms with Crippen molar-refractivity contribution in [1.82, 2.24) is 29.1 Å². The molecule has 51 heavy (non-hydrogen) atoms. The molecule has 2 saturated heterocycles. The van der Waals surface area contributed by atoms with Gasteiger partial charge in [0.2, 0.25) is 1.43 Å². The molecule has 5 aromatic rings. The van der Waals surface area contributed by atoms with Crippen molar-refractivity contribution >= 4 is 11.4 Å². The lowest BCUT2D eigenvalue weighted by atomic mass is 9.87. The number of anilines is 2. The first kappa shape index (κ1) is 10.5. The molecule has 0 aliphatic carbocycles. The highest BCUT2D eigenvalue weighted by Gasteiger charge is 2.44. The molecular formula is C37H42F2N8O4. The first-order chi connectivity index (χ1) is 41.4. The summed E-state index contributed by atoms with van der Waals surface area (Å²) in [5, 5.41) is 10.3. The standard InChI is InChI=1S/C37H42F2N8O4/c1-3-35(26(2)48)47-36(49)46(25-42-47)31-7-5-29(6-8-31)43-14-16-44(17-15-43)30-9-11-32(12-10-30)50-20-27-19-37(51-21-27,22-45-24-40-23-41-45)33-13-4-28(38)18-34(33)39/h4-13,18,23-27,35,48H,3,14-17,19-22H2,1-2H3/t26-,27+,35-,37-/m0/s1/i1D3,2D3,3D2,4D,5D,6D,7D,8D,9D,10D,11D,12D,13D,14D2,15D2,16D2,17D2,18D,19D2,20D2,21D2,22D2,23D,24D,25D,26D,27D,35D,48D. The van der Waals surface area contributed by atoms with Gasteiger partial charge in [0.05, 0.1) is 74.4 Å². The van der Waals surface area contributed by atoms with Crippen molar-refractivity contribution in [2.75, 3.05) is 48.9 Å². The van der Waals surface area contributed by atoms with Gasteiger partial charge in [-0.05, 0) is 74.0 Å². The van der Waals surface area contributed by atoms with Gasteiger partial charge in [-0.2, -0.15) is 10.2 Å². The number of piperazine rings is 1. The van der Waals surface area contributed by atoms with Crippen LogP contribution in [0.4, 0.5) is 20.2 Å². The first-order valence-electron chi connectivity index (χ1n) is 34.2. The molecule has 14 heteroatoms. The molecule has 3 aromatic carbocycles. The molecule has 268 valence electrons. The smallest absolute Gasteiger partial charge is 0.350 e. The third-order valence-corrected chi connectivity index (χ3v) is 6.12. The number of benzene rings is 3. The van der Waals surface area contributed by atoms with Gasteiger partial charge >= 0.3 is 5.69 Å². The zero-order chi connectivity index (χ0) is 72.3. The van der Waals surface area contributed by atoms with Crippen LogP contribution in [0, 0.1) is 17.5 Å². The minimum absolute atomic E-state index is 0.407. The minimum Gasteiger partial charge on any atom is -0.493 e. The van der Waals surface area contributed by atoms with Gasteiger partial charge in [0.1, 0.15) is 46.0 Å². The van der Waals surface area contributed by atoms with E-state index in [4.69, 9.17) is 63.0 Å². The van der Waals surface area contributed by atoms with Crippen molar-refractivity contribution in [3.63, 3.8) is 0 Å². The second kappa shape index (κ2) is 14.6. The average Bonchev–Trinajstić information content (AvgIpc) is 1.49. The van der Waals surface area contributed by atoms with Gasteiger partial charge in [-0.15, -0.1) is 0 Å². The highest BCUT2D eigenvalue weighted by atomic mass is 19.1. The Morgan fingerprint density at radius 3 is 2.49 bits per heavy atom. The maximum absolute atomic E-state index is 16.5. The zero-order valence-electron chi connectivity index (χ0n) is 66.5. The molecule has 0 amide bonds. The molecule has 7 rings (SSSR count). The van der Waals surface area contributed by atoms with Gasteiger partial charge in [0, 0.05) is 69.9 Å². The Labute approximate surface area is 353 Å². The predicted molar refractivity (Wildman–Crippen MR) is 187 cm³/mol. The van der Waals surface area contributed by atoms with Crippen LogP contribution in [0.25, 0.3) is 5.69 Å². The fourth-order valence-electron chi connectivity index (χ4n) is 3.91. The molecule has 1 N–H and O–H groups in total. The van der Waals surface area contributed by atoms with Crippen LogP contribution in [-0.4, -0.2) is 80.8 Å². The third-order valence-electron chi connectivity index (χ3n) is 6.12. The summed E-state index contributed by atoms with van der Waals surface area (Å²) in [6.45, 7) is -40.6. The summed E-state index contributed by atoms with van der Waals surface area (Å²) in [5.74, 6) is -11.5. The summed E-state index contributed by atoms with van der Waals surface area (Å²) in [6, 6.07) is -25.5. The van der Waals surface area contributed by atoms with Crippen molar-refractivity contribution < 1.29 is 79.6 Å². The highest BCUT2D eigenvalue weighted by molar-refractivity contribution is 5.54. The van der Waals surface area contributed by atoms with Gasteiger partial charge in [0.15, 0.2) is 0 Å². The zero-order valence-corrected chi connectivity index (χ0v) is 24.5. The normalized spacial score (nSPS) is 42.3. The molecule has 4 atom stereocenters. The third kappa shape index (κ3) is 7.24. The SMILES string of the molecule is [2H]O[C@@]([2H])(C([2H])([2H])[2H])[C@@]([2H])(n1nc([2H])n(-c2c([2H])c([2H])c(N3C([2H])([2H])C([2H])([2H])N(c4c([2H])c([2H])c(OC([2H])([2H])[C@]5([2H])C([2H])([2H])O[C@](c6c([2H])c([2H])c(F)c([2H])c6F)(C([2H])([2H])n6nc([2H])nc6[2H])C5([2H])[2H])c([2H])c4[2H])C([2H])([2H])C3([2H])[2H])c([2H])c2[2H])c1=O)C([2H])([2H])C([2H])([2H])[2H]. The van der Waals surface area contributed by atoms with Crippen LogP contribution in [0.1, 0.15) is 94.2 Å². The van der Waals surface area contributed by atoms with Crippen molar-refractivity contribution in [1.29, 1.82) is 1.43 Å². The van der Waals surface area contributed by atoms with Gasteiger partial charge in [-0.25, -0.2) is 32.5 Å². The Morgan fingerprint density at radius 2 is 1.82 bits per heavy atom. The first-order valence-corrected chi connectivity index (χ1v) is 13.3. The Morgan fingerprint density at radius 1 is 1.10 bits per heavy atom. The van der Waals surface area contributed by atoms with E-state index in [0.29, 0.717) is 0 Å². The fourth-order valence-corrected chi connectivity index (χ4v) is 3.91. The maximum atomic E-state index is 16.5. The number of ether oxygens (including phenoxy) is 2. The van der Waals surface area contributed by atoms with Crippen LogP contribution in [-0.2, 0) is 16.8 Å². The van der Waals surface area contributed by atoms with E-state index in [0.717, 1.165) is 0 Å². The molecule has 0 unspecified atom stereocenters. The quantitative estimate of drug-likeness (QED) is 0.185. The van der Waals surface area contributed by atoms with Gasteiger partial charge < -0.3 is 24.4 Å². The largest absolute Gasteiger partial charge is 0.493 e. The number of halogens is 2. The van der Waals surface area contributed by atoms with Crippen molar-refractivity contribution in [2.24, 2.45) is 5.89 Å². The fraction of sp³-hybridized carbons (Fsp3) is 0.405. The van der Waals surface area contributed by atoms with E-state index in [1.54, 1.807) is 0 Å². The second-order valence-corrected chi connectivity index (χ2v) is 9.23. The summed E-state index contributed by atoms with van der Waals surface area (Å²) in [7, 11) is 0. The summed E-state index contributed by atoms with van der Waals surface area (Å²) in [5.41, 5.74) is -14.5. The number of rotatable bonds is 13. The van der Waals surface area contributed by atoms with E-state index >= 15 is 4.39 Å². The number of aliphatic hydroxyl groups is 1. The van der Waals surface area contributed by atoms with Crippen molar-refractivity contribution in [2.45, 2.75) is 50.6 Å².